The molecule has 5 rings (SSSR count). The normalized spacial score (nSPS) is 11.3. The maximum Gasteiger partial charge on any atom is 0.248 e. The molecule has 0 radical (unpaired) electrons. The van der Waals surface area contributed by atoms with Gasteiger partial charge in [-0.1, -0.05) is 35.3 Å². The Bertz CT molecular complexity index is 1570. The molecule has 1 N–H and O–H groups in total. The standard InChI is InChI=1S/C27H18Cl2N2O4/c1-33-24-10-6-16(14-21(24)29)27-31-22-15-17(7-11-25(22)35-27)30-26(32)13-9-18-8-12-23(34-18)19-4-2-3-5-20(19)28/h2-15H,1H3,(H,30,32)/b13-9+. The van der Waals surface area contributed by atoms with Crippen molar-refractivity contribution < 1.29 is 18.4 Å². The van der Waals surface area contributed by atoms with E-state index in [4.69, 9.17) is 36.8 Å². The Hall–Kier alpha value is -4.00. The molecule has 0 aliphatic heterocycles. The highest BCUT2D eigenvalue weighted by molar-refractivity contribution is 6.33. The number of halogens is 2. The first-order valence-electron chi connectivity index (χ1n) is 10.6. The number of oxazole rings is 1. The van der Waals surface area contributed by atoms with Crippen molar-refractivity contribution in [3.05, 3.63) is 94.7 Å². The van der Waals surface area contributed by atoms with Crippen LogP contribution in [-0.4, -0.2) is 18.0 Å². The number of aromatic nitrogens is 1. The minimum atomic E-state index is -0.314. The first-order valence-corrected chi connectivity index (χ1v) is 11.3. The summed E-state index contributed by atoms with van der Waals surface area (Å²) in [4.78, 5) is 17.0. The Balaban J connectivity index is 1.29. The fourth-order valence-corrected chi connectivity index (χ4v) is 4.00. The van der Waals surface area contributed by atoms with Crippen molar-refractivity contribution in [2.24, 2.45) is 0 Å². The fourth-order valence-electron chi connectivity index (χ4n) is 3.52. The third kappa shape index (κ3) is 4.94. The van der Waals surface area contributed by atoms with Gasteiger partial charge < -0.3 is 18.9 Å². The number of ether oxygens (including phenoxy) is 1. The van der Waals surface area contributed by atoms with Gasteiger partial charge in [-0.05, 0) is 66.7 Å². The second-order valence-corrected chi connectivity index (χ2v) is 8.37. The van der Waals surface area contributed by atoms with Gasteiger partial charge in [-0.25, -0.2) is 4.98 Å². The number of furan rings is 1. The molecule has 0 fully saturated rings. The molecule has 174 valence electrons. The van der Waals surface area contributed by atoms with Crippen LogP contribution < -0.4 is 10.1 Å². The van der Waals surface area contributed by atoms with E-state index in [9.17, 15) is 4.79 Å². The quantitative estimate of drug-likeness (QED) is 0.239. The number of benzene rings is 3. The van der Waals surface area contributed by atoms with Crippen molar-refractivity contribution in [1.82, 2.24) is 4.98 Å². The summed E-state index contributed by atoms with van der Waals surface area (Å²) in [7, 11) is 1.55. The van der Waals surface area contributed by atoms with Gasteiger partial charge >= 0.3 is 0 Å². The summed E-state index contributed by atoms with van der Waals surface area (Å²) in [5.41, 5.74) is 3.27. The largest absolute Gasteiger partial charge is 0.495 e. The summed E-state index contributed by atoms with van der Waals surface area (Å²) in [6.45, 7) is 0. The molecule has 8 heteroatoms. The van der Waals surface area contributed by atoms with Crippen LogP contribution in [0.25, 0.3) is 40.0 Å². The maximum atomic E-state index is 12.4. The molecule has 5 aromatic rings. The van der Waals surface area contributed by atoms with Crippen molar-refractivity contribution in [2.75, 3.05) is 12.4 Å². The Morgan fingerprint density at radius 2 is 1.83 bits per heavy atom. The van der Waals surface area contributed by atoms with E-state index in [-0.39, 0.29) is 5.91 Å². The van der Waals surface area contributed by atoms with E-state index >= 15 is 0 Å². The van der Waals surface area contributed by atoms with Gasteiger partial charge in [0.1, 0.15) is 22.8 Å². The molecule has 0 bridgehead atoms. The lowest BCUT2D eigenvalue weighted by atomic mass is 10.2. The van der Waals surface area contributed by atoms with Crippen molar-refractivity contribution in [2.45, 2.75) is 0 Å². The number of methoxy groups -OCH3 is 1. The molecular formula is C27H18Cl2N2O4. The highest BCUT2D eigenvalue weighted by Gasteiger charge is 2.12. The number of hydrogen-bond acceptors (Lipinski definition) is 5. The Morgan fingerprint density at radius 1 is 0.971 bits per heavy atom. The second-order valence-electron chi connectivity index (χ2n) is 7.56. The van der Waals surface area contributed by atoms with Crippen LogP contribution >= 0.6 is 23.2 Å². The topological polar surface area (TPSA) is 77.5 Å². The van der Waals surface area contributed by atoms with Crippen molar-refractivity contribution in [3.8, 4) is 28.5 Å². The number of carbonyl (C=O) groups is 1. The van der Waals surface area contributed by atoms with Gasteiger partial charge in [-0.3, -0.25) is 4.79 Å². The zero-order valence-corrected chi connectivity index (χ0v) is 19.9. The maximum absolute atomic E-state index is 12.4. The fraction of sp³-hybridized carbons (Fsp3) is 0.0370. The summed E-state index contributed by atoms with van der Waals surface area (Å²) in [6, 6.07) is 21.5. The number of rotatable bonds is 6. The average molecular weight is 505 g/mol. The van der Waals surface area contributed by atoms with Crippen LogP contribution in [0.1, 0.15) is 5.76 Å². The third-order valence-electron chi connectivity index (χ3n) is 5.22. The van der Waals surface area contributed by atoms with Crippen molar-refractivity contribution in [3.63, 3.8) is 0 Å². The lowest BCUT2D eigenvalue weighted by Gasteiger charge is -2.03. The number of amides is 1. The first-order chi connectivity index (χ1) is 17.0. The SMILES string of the molecule is COc1ccc(-c2nc3cc(NC(=O)/C=C/c4ccc(-c5ccccc5Cl)o4)ccc3o2)cc1Cl. The molecule has 1 amide bonds. The molecule has 35 heavy (non-hydrogen) atoms. The van der Waals surface area contributed by atoms with Gasteiger partial charge in [0.25, 0.3) is 0 Å². The minimum Gasteiger partial charge on any atom is -0.495 e. The van der Waals surface area contributed by atoms with E-state index in [1.165, 1.54) is 6.08 Å². The van der Waals surface area contributed by atoms with Gasteiger partial charge in [0.15, 0.2) is 5.58 Å². The summed E-state index contributed by atoms with van der Waals surface area (Å²) in [5.74, 6) is 1.83. The smallest absolute Gasteiger partial charge is 0.248 e. The highest BCUT2D eigenvalue weighted by atomic mass is 35.5. The molecule has 3 aromatic carbocycles. The summed E-state index contributed by atoms with van der Waals surface area (Å²) >= 11 is 12.4. The molecule has 0 aliphatic rings. The zero-order chi connectivity index (χ0) is 24.4. The minimum absolute atomic E-state index is 0.314. The van der Waals surface area contributed by atoms with Crippen molar-refractivity contribution >= 4 is 52.0 Å². The van der Waals surface area contributed by atoms with E-state index in [1.54, 1.807) is 55.7 Å². The van der Waals surface area contributed by atoms with Crippen molar-refractivity contribution in [1.29, 1.82) is 0 Å². The van der Waals surface area contributed by atoms with Crippen LogP contribution in [0.2, 0.25) is 10.0 Å². The average Bonchev–Trinajstić information content (AvgIpc) is 3.50. The van der Waals surface area contributed by atoms with E-state index in [1.807, 2.05) is 30.3 Å². The van der Waals surface area contributed by atoms with Crippen LogP contribution in [0, 0.1) is 0 Å². The van der Waals surface area contributed by atoms with Crippen LogP contribution in [0.15, 0.2) is 87.7 Å². The molecule has 2 aromatic heterocycles. The van der Waals surface area contributed by atoms with Gasteiger partial charge in [0.2, 0.25) is 11.8 Å². The van der Waals surface area contributed by atoms with E-state index in [0.717, 1.165) is 11.1 Å². The number of fused-ring (bicyclic) bond motifs is 1. The van der Waals surface area contributed by atoms with Gasteiger partial charge in [0.05, 0.1) is 17.2 Å². The van der Waals surface area contributed by atoms with Gasteiger partial charge in [-0.2, -0.15) is 0 Å². The van der Waals surface area contributed by atoms with E-state index in [2.05, 4.69) is 10.3 Å². The number of anilines is 1. The lowest BCUT2D eigenvalue weighted by Crippen LogP contribution is -2.07. The molecule has 0 atom stereocenters. The van der Waals surface area contributed by atoms with Gasteiger partial charge in [0, 0.05) is 22.9 Å². The molecule has 0 saturated carbocycles. The molecular weight excluding hydrogens is 487 g/mol. The number of nitrogens with zero attached hydrogens (tertiary/aromatic N) is 1. The Morgan fingerprint density at radius 3 is 2.63 bits per heavy atom. The first kappa shape index (κ1) is 22.8. The van der Waals surface area contributed by atoms with Crippen LogP contribution in [-0.2, 0) is 4.79 Å². The number of nitrogens with one attached hydrogen (secondary N) is 1. The lowest BCUT2D eigenvalue weighted by molar-refractivity contribution is -0.111. The molecule has 0 spiro atoms. The predicted octanol–water partition coefficient (Wildman–Crippen LogP) is 7.72. The molecule has 0 aliphatic carbocycles. The van der Waals surface area contributed by atoms with Crippen LogP contribution in [0.3, 0.4) is 0 Å². The van der Waals surface area contributed by atoms with E-state index in [0.29, 0.717) is 50.0 Å². The monoisotopic (exact) mass is 504 g/mol. The Kier molecular flexibility index (Phi) is 6.31. The van der Waals surface area contributed by atoms with Crippen LogP contribution in [0.4, 0.5) is 5.69 Å². The highest BCUT2D eigenvalue weighted by Crippen LogP contribution is 2.32. The second kappa shape index (κ2) is 9.70. The number of hydrogen-bond donors (Lipinski definition) is 1. The van der Waals surface area contributed by atoms with E-state index < -0.39 is 0 Å². The molecule has 0 saturated heterocycles. The predicted molar refractivity (Wildman–Crippen MR) is 138 cm³/mol. The zero-order valence-electron chi connectivity index (χ0n) is 18.4. The summed E-state index contributed by atoms with van der Waals surface area (Å²) < 4.78 is 16.8. The molecule has 2 heterocycles. The van der Waals surface area contributed by atoms with Crippen LogP contribution in [0.5, 0.6) is 5.75 Å². The molecule has 6 nitrogen and oxygen atoms in total. The number of carbonyl (C=O) groups excluding carboxylic acids is 1. The summed E-state index contributed by atoms with van der Waals surface area (Å²) in [6.07, 6.45) is 2.99. The molecule has 0 unspecified atom stereocenters. The third-order valence-corrected chi connectivity index (χ3v) is 5.84. The van der Waals surface area contributed by atoms with Gasteiger partial charge in [-0.15, -0.1) is 0 Å². The Labute approximate surface area is 210 Å². The summed E-state index contributed by atoms with van der Waals surface area (Å²) in [5, 5.41) is 3.87.